The summed E-state index contributed by atoms with van der Waals surface area (Å²) in [6.45, 7) is 3.11. The molecule has 2 heterocycles. The molecule has 1 unspecified atom stereocenters. The van der Waals surface area contributed by atoms with Crippen molar-refractivity contribution in [1.29, 1.82) is 0 Å². The third kappa shape index (κ3) is 3.33. The molecule has 4 rings (SSSR count). The van der Waals surface area contributed by atoms with E-state index in [1.807, 2.05) is 19.1 Å². The Morgan fingerprint density at radius 2 is 1.74 bits per heavy atom. The molecule has 142 valence electrons. The number of carbonyl (C=O) groups is 1. The molecule has 0 radical (unpaired) electrons. The Balaban J connectivity index is 1.64. The Morgan fingerprint density at radius 3 is 2.48 bits per heavy atom. The van der Waals surface area contributed by atoms with Crippen molar-refractivity contribution in [3.05, 3.63) is 53.6 Å². The average molecular weight is 387 g/mol. The Labute approximate surface area is 158 Å². The van der Waals surface area contributed by atoms with Crippen molar-refractivity contribution in [2.75, 3.05) is 19.8 Å². The standard InChI is InChI=1S/C20H21NO5S/c1-14-4-6-15(7-5-14)20(22)17-3-2-10-21(17)27(23,24)16-8-9-18-19(13-16)26-12-11-25-18/h4-9,13,17H,2-3,10-12H2,1H3. The number of aryl methyl sites for hydroxylation is 1. The highest BCUT2D eigenvalue weighted by Gasteiger charge is 2.40. The fraction of sp³-hybridized carbons (Fsp3) is 0.350. The lowest BCUT2D eigenvalue weighted by atomic mass is 10.0. The van der Waals surface area contributed by atoms with E-state index in [-0.39, 0.29) is 10.7 Å². The number of rotatable bonds is 4. The predicted octanol–water partition coefficient (Wildman–Crippen LogP) is 2.80. The van der Waals surface area contributed by atoms with Crippen LogP contribution in [0.4, 0.5) is 0 Å². The number of sulfonamides is 1. The lowest BCUT2D eigenvalue weighted by Gasteiger charge is -2.24. The number of benzene rings is 2. The van der Waals surface area contributed by atoms with Gasteiger partial charge in [-0.2, -0.15) is 4.31 Å². The van der Waals surface area contributed by atoms with Gasteiger partial charge in [-0.25, -0.2) is 8.42 Å². The molecule has 6 nitrogen and oxygen atoms in total. The number of ketones is 1. The van der Waals surface area contributed by atoms with Gasteiger partial charge in [0.1, 0.15) is 13.2 Å². The third-order valence-electron chi connectivity index (χ3n) is 4.96. The van der Waals surface area contributed by atoms with Crippen LogP contribution in [0.2, 0.25) is 0 Å². The van der Waals surface area contributed by atoms with E-state index in [2.05, 4.69) is 0 Å². The Bertz CT molecular complexity index is 968. The van der Waals surface area contributed by atoms with Crippen LogP contribution < -0.4 is 9.47 Å². The third-order valence-corrected chi connectivity index (χ3v) is 6.87. The van der Waals surface area contributed by atoms with E-state index in [0.29, 0.717) is 49.7 Å². The SMILES string of the molecule is Cc1ccc(C(=O)C2CCCN2S(=O)(=O)c2ccc3c(c2)OCCO3)cc1. The maximum atomic E-state index is 13.2. The van der Waals surface area contributed by atoms with Gasteiger partial charge in [-0.1, -0.05) is 29.8 Å². The van der Waals surface area contributed by atoms with Gasteiger partial charge < -0.3 is 9.47 Å². The molecular weight excluding hydrogens is 366 g/mol. The summed E-state index contributed by atoms with van der Waals surface area (Å²) in [4.78, 5) is 13.0. The maximum Gasteiger partial charge on any atom is 0.243 e. The minimum Gasteiger partial charge on any atom is -0.486 e. The van der Waals surface area contributed by atoms with Crippen LogP contribution in [0, 0.1) is 6.92 Å². The van der Waals surface area contributed by atoms with Gasteiger partial charge in [-0.3, -0.25) is 4.79 Å². The van der Waals surface area contributed by atoms with Crippen molar-refractivity contribution in [3.8, 4) is 11.5 Å². The molecule has 1 atom stereocenters. The van der Waals surface area contributed by atoms with Crippen molar-refractivity contribution in [2.45, 2.75) is 30.7 Å². The minimum absolute atomic E-state index is 0.121. The average Bonchev–Trinajstić information content (AvgIpc) is 3.18. The first-order valence-corrected chi connectivity index (χ1v) is 10.4. The molecule has 1 saturated heterocycles. The van der Waals surface area contributed by atoms with E-state index in [1.165, 1.54) is 16.4 Å². The molecule has 0 aliphatic carbocycles. The summed E-state index contributed by atoms with van der Waals surface area (Å²) in [6.07, 6.45) is 1.18. The van der Waals surface area contributed by atoms with Gasteiger partial charge >= 0.3 is 0 Å². The van der Waals surface area contributed by atoms with Gasteiger partial charge in [0.05, 0.1) is 10.9 Å². The van der Waals surface area contributed by atoms with Crippen LogP contribution >= 0.6 is 0 Å². The topological polar surface area (TPSA) is 72.9 Å². The first kappa shape index (κ1) is 18.0. The minimum atomic E-state index is -3.81. The Kier molecular flexibility index (Phi) is 4.65. The summed E-state index contributed by atoms with van der Waals surface area (Å²) in [5.41, 5.74) is 1.59. The van der Waals surface area contributed by atoms with Crippen LogP contribution in [0.5, 0.6) is 11.5 Å². The summed E-state index contributed by atoms with van der Waals surface area (Å²) in [5.74, 6) is 0.797. The van der Waals surface area contributed by atoms with Crippen molar-refractivity contribution in [2.24, 2.45) is 0 Å². The number of hydrogen-bond acceptors (Lipinski definition) is 5. The van der Waals surface area contributed by atoms with Crippen LogP contribution in [0.3, 0.4) is 0 Å². The summed E-state index contributed by atoms with van der Waals surface area (Å²) < 4.78 is 38.7. The predicted molar refractivity (Wildman–Crippen MR) is 99.9 cm³/mol. The number of ether oxygens (including phenoxy) is 2. The van der Waals surface area contributed by atoms with Crippen LogP contribution in [0.15, 0.2) is 47.4 Å². The van der Waals surface area contributed by atoms with E-state index in [1.54, 1.807) is 18.2 Å². The van der Waals surface area contributed by atoms with Crippen LogP contribution in [0.25, 0.3) is 0 Å². The van der Waals surface area contributed by atoms with E-state index < -0.39 is 16.1 Å². The smallest absolute Gasteiger partial charge is 0.243 e. The van der Waals surface area contributed by atoms with E-state index in [0.717, 1.165) is 5.56 Å². The van der Waals surface area contributed by atoms with Gasteiger partial charge in [0.2, 0.25) is 10.0 Å². The molecule has 0 bridgehead atoms. The molecule has 0 amide bonds. The van der Waals surface area contributed by atoms with Gasteiger partial charge in [-0.15, -0.1) is 0 Å². The first-order chi connectivity index (χ1) is 13.0. The lowest BCUT2D eigenvalue weighted by Crippen LogP contribution is -2.40. The van der Waals surface area contributed by atoms with Crippen molar-refractivity contribution in [3.63, 3.8) is 0 Å². The summed E-state index contributed by atoms with van der Waals surface area (Å²) in [6, 6.07) is 11.2. The Hall–Kier alpha value is -2.38. The van der Waals surface area contributed by atoms with Gasteiger partial charge in [-0.05, 0) is 31.9 Å². The van der Waals surface area contributed by atoms with E-state index >= 15 is 0 Å². The second kappa shape index (κ2) is 6.98. The van der Waals surface area contributed by atoms with Crippen LogP contribution in [0.1, 0.15) is 28.8 Å². The van der Waals surface area contributed by atoms with E-state index in [9.17, 15) is 13.2 Å². The highest BCUT2D eigenvalue weighted by atomic mass is 32.2. The summed E-state index contributed by atoms with van der Waals surface area (Å²) >= 11 is 0. The molecular formula is C20H21NO5S. The highest BCUT2D eigenvalue weighted by Crippen LogP contribution is 2.35. The molecule has 0 spiro atoms. The number of fused-ring (bicyclic) bond motifs is 1. The molecule has 2 aliphatic rings. The molecule has 2 aromatic carbocycles. The molecule has 0 aromatic heterocycles. The molecule has 2 aliphatic heterocycles. The zero-order valence-corrected chi connectivity index (χ0v) is 15.9. The van der Waals surface area contributed by atoms with Crippen LogP contribution in [-0.4, -0.2) is 44.3 Å². The van der Waals surface area contributed by atoms with E-state index in [4.69, 9.17) is 9.47 Å². The quantitative estimate of drug-likeness (QED) is 0.755. The van der Waals surface area contributed by atoms with Crippen molar-refractivity contribution in [1.82, 2.24) is 4.31 Å². The van der Waals surface area contributed by atoms with Crippen molar-refractivity contribution >= 4 is 15.8 Å². The number of nitrogens with zero attached hydrogens (tertiary/aromatic N) is 1. The summed E-state index contributed by atoms with van der Waals surface area (Å²) in [5, 5.41) is 0. The zero-order valence-electron chi connectivity index (χ0n) is 15.1. The second-order valence-electron chi connectivity index (χ2n) is 6.81. The van der Waals surface area contributed by atoms with Gasteiger partial charge in [0.25, 0.3) is 0 Å². The largest absolute Gasteiger partial charge is 0.486 e. The van der Waals surface area contributed by atoms with Gasteiger partial charge in [0.15, 0.2) is 17.3 Å². The highest BCUT2D eigenvalue weighted by molar-refractivity contribution is 7.89. The molecule has 1 fully saturated rings. The Morgan fingerprint density at radius 1 is 1.04 bits per heavy atom. The molecule has 7 heteroatoms. The number of hydrogen-bond donors (Lipinski definition) is 0. The molecule has 0 N–H and O–H groups in total. The molecule has 27 heavy (non-hydrogen) atoms. The number of carbonyl (C=O) groups excluding carboxylic acids is 1. The van der Waals surface area contributed by atoms with Gasteiger partial charge in [0, 0.05) is 18.2 Å². The fourth-order valence-electron chi connectivity index (χ4n) is 3.52. The van der Waals surface area contributed by atoms with Crippen molar-refractivity contribution < 1.29 is 22.7 Å². The fourth-order valence-corrected chi connectivity index (χ4v) is 5.19. The number of Topliss-reactive ketones (excluding diaryl/α,β-unsaturated/α-hetero) is 1. The lowest BCUT2D eigenvalue weighted by molar-refractivity contribution is 0.0918. The summed E-state index contributed by atoms with van der Waals surface area (Å²) in [7, 11) is -3.81. The normalized spacial score (nSPS) is 19.8. The molecule has 2 aromatic rings. The first-order valence-electron chi connectivity index (χ1n) is 8.99. The zero-order chi connectivity index (χ0) is 19.0. The second-order valence-corrected chi connectivity index (χ2v) is 8.70. The van der Waals surface area contributed by atoms with Crippen LogP contribution in [-0.2, 0) is 10.0 Å². The maximum absolute atomic E-state index is 13.2. The monoisotopic (exact) mass is 387 g/mol. The molecule has 0 saturated carbocycles.